The molecule has 0 saturated carbocycles. The summed E-state index contributed by atoms with van der Waals surface area (Å²) in [5.41, 5.74) is 6.58. The number of nitrogens with zero attached hydrogens (tertiary/aromatic N) is 3. The average molecular weight is 396 g/mol. The summed E-state index contributed by atoms with van der Waals surface area (Å²) in [7, 11) is 2.15. The highest BCUT2D eigenvalue weighted by Crippen LogP contribution is 2.41. The number of aryl methyl sites for hydroxylation is 2. The number of piperidine rings is 1. The van der Waals surface area contributed by atoms with Crippen LogP contribution in [0.4, 0.5) is 0 Å². The van der Waals surface area contributed by atoms with Crippen LogP contribution in [-0.4, -0.2) is 27.5 Å². The van der Waals surface area contributed by atoms with Crippen molar-refractivity contribution in [2.45, 2.75) is 31.7 Å². The zero-order valence-corrected chi connectivity index (χ0v) is 17.9. The highest BCUT2D eigenvalue weighted by Gasteiger charge is 2.37. The third-order valence-electron chi connectivity index (χ3n) is 6.86. The highest BCUT2D eigenvalue weighted by atomic mass is 15.2. The molecule has 0 amide bonds. The molecule has 0 N–H and O–H groups in total. The molecule has 3 aromatic carbocycles. The summed E-state index contributed by atoms with van der Waals surface area (Å²) in [4.78, 5) is 7.49. The lowest BCUT2D eigenvalue weighted by Gasteiger charge is -2.42. The summed E-state index contributed by atoms with van der Waals surface area (Å²) in [6, 6.07) is 28.7. The predicted octanol–water partition coefficient (Wildman–Crippen LogP) is 5.46. The Kier molecular flexibility index (Phi) is 4.92. The summed E-state index contributed by atoms with van der Waals surface area (Å²) in [6.45, 7) is 5.20. The minimum Gasteiger partial charge on any atom is -0.330 e. The van der Waals surface area contributed by atoms with Crippen molar-refractivity contribution in [2.24, 2.45) is 7.05 Å². The molecule has 2 heterocycles. The Bertz CT molecular complexity index is 1100. The van der Waals surface area contributed by atoms with Crippen molar-refractivity contribution in [2.75, 3.05) is 13.1 Å². The van der Waals surface area contributed by atoms with E-state index < -0.39 is 0 Å². The Labute approximate surface area is 179 Å². The van der Waals surface area contributed by atoms with Crippen LogP contribution >= 0.6 is 0 Å². The number of benzene rings is 3. The van der Waals surface area contributed by atoms with Crippen LogP contribution in [0.1, 0.15) is 35.4 Å². The van der Waals surface area contributed by atoms with Crippen molar-refractivity contribution < 1.29 is 0 Å². The topological polar surface area (TPSA) is 21.1 Å². The first-order valence-corrected chi connectivity index (χ1v) is 10.9. The fourth-order valence-electron chi connectivity index (χ4n) is 5.04. The van der Waals surface area contributed by atoms with Gasteiger partial charge in [-0.1, -0.05) is 66.7 Å². The third kappa shape index (κ3) is 3.33. The molecule has 1 aliphatic rings. The lowest BCUT2D eigenvalue weighted by molar-refractivity contribution is 0.168. The van der Waals surface area contributed by atoms with Crippen LogP contribution in [0.25, 0.3) is 11.0 Å². The van der Waals surface area contributed by atoms with Crippen molar-refractivity contribution in [3.63, 3.8) is 0 Å². The molecule has 5 rings (SSSR count). The molecule has 30 heavy (non-hydrogen) atoms. The lowest BCUT2D eigenvalue weighted by atomic mass is 9.68. The van der Waals surface area contributed by atoms with E-state index in [0.29, 0.717) is 0 Å². The van der Waals surface area contributed by atoms with Gasteiger partial charge in [-0.05, 0) is 61.7 Å². The molecule has 1 aromatic heterocycles. The van der Waals surface area contributed by atoms with E-state index in [9.17, 15) is 0 Å². The Hall–Kier alpha value is -2.91. The lowest BCUT2D eigenvalue weighted by Crippen LogP contribution is -2.43. The predicted molar refractivity (Wildman–Crippen MR) is 124 cm³/mol. The van der Waals surface area contributed by atoms with E-state index in [-0.39, 0.29) is 5.41 Å². The van der Waals surface area contributed by atoms with E-state index in [2.05, 4.69) is 102 Å². The minimum atomic E-state index is 0.0997. The van der Waals surface area contributed by atoms with Crippen molar-refractivity contribution >= 4 is 11.0 Å². The molecule has 0 unspecified atom stereocenters. The first-order chi connectivity index (χ1) is 14.7. The number of hydrogen-bond acceptors (Lipinski definition) is 2. The minimum absolute atomic E-state index is 0.0997. The van der Waals surface area contributed by atoms with Crippen molar-refractivity contribution in [1.29, 1.82) is 0 Å². The molecule has 0 bridgehead atoms. The SMILES string of the molecule is Cc1ccc2nc(CN3CCC(c4ccccc4)(c4ccccc4)CC3)n(C)c2c1. The maximum Gasteiger partial charge on any atom is 0.123 e. The molecule has 152 valence electrons. The van der Waals surface area contributed by atoms with Crippen LogP contribution in [0.5, 0.6) is 0 Å². The molecular formula is C27H29N3. The molecule has 1 aliphatic heterocycles. The smallest absolute Gasteiger partial charge is 0.123 e. The first kappa shape index (κ1) is 19.1. The fourth-order valence-corrected chi connectivity index (χ4v) is 5.04. The fraction of sp³-hybridized carbons (Fsp3) is 0.296. The molecule has 3 nitrogen and oxygen atoms in total. The monoisotopic (exact) mass is 395 g/mol. The molecule has 0 atom stereocenters. The zero-order valence-electron chi connectivity index (χ0n) is 17.9. The van der Waals surface area contributed by atoms with Crippen LogP contribution < -0.4 is 0 Å². The quantitative estimate of drug-likeness (QED) is 0.457. The van der Waals surface area contributed by atoms with E-state index in [1.807, 2.05) is 0 Å². The number of imidazole rings is 1. The summed E-state index contributed by atoms with van der Waals surface area (Å²) >= 11 is 0. The second kappa shape index (κ2) is 7.73. The number of rotatable bonds is 4. The maximum absolute atomic E-state index is 4.92. The zero-order chi connectivity index (χ0) is 20.6. The largest absolute Gasteiger partial charge is 0.330 e. The van der Waals surface area contributed by atoms with E-state index in [0.717, 1.165) is 43.8 Å². The van der Waals surface area contributed by atoms with Crippen molar-refractivity contribution in [3.8, 4) is 0 Å². The standard InChI is InChI=1S/C27H29N3/c1-21-13-14-24-25(19-21)29(2)26(28-24)20-30-17-15-27(16-18-30,22-9-5-3-6-10-22)23-11-7-4-8-12-23/h3-14,19H,15-18,20H2,1-2H3. The maximum atomic E-state index is 4.92. The Morgan fingerprint density at radius 1 is 0.833 bits per heavy atom. The van der Waals surface area contributed by atoms with Gasteiger partial charge in [0.1, 0.15) is 5.82 Å². The summed E-state index contributed by atoms with van der Waals surface area (Å²) < 4.78 is 2.26. The van der Waals surface area contributed by atoms with Gasteiger partial charge >= 0.3 is 0 Å². The molecule has 4 aromatic rings. The van der Waals surface area contributed by atoms with Gasteiger partial charge in [-0.3, -0.25) is 4.90 Å². The Morgan fingerprint density at radius 3 is 2.03 bits per heavy atom. The van der Waals surface area contributed by atoms with Gasteiger partial charge in [-0.25, -0.2) is 4.98 Å². The van der Waals surface area contributed by atoms with E-state index in [1.165, 1.54) is 22.2 Å². The molecule has 1 saturated heterocycles. The molecule has 3 heteroatoms. The summed E-state index contributed by atoms with van der Waals surface area (Å²) in [6.07, 6.45) is 2.26. The van der Waals surface area contributed by atoms with Gasteiger partial charge in [0.25, 0.3) is 0 Å². The van der Waals surface area contributed by atoms with Crippen LogP contribution in [0.15, 0.2) is 78.9 Å². The second-order valence-corrected chi connectivity index (χ2v) is 8.67. The van der Waals surface area contributed by atoms with Gasteiger partial charge in [0.2, 0.25) is 0 Å². The number of hydrogen-bond donors (Lipinski definition) is 0. The van der Waals surface area contributed by atoms with Gasteiger partial charge in [0.05, 0.1) is 17.6 Å². The van der Waals surface area contributed by atoms with Crippen LogP contribution in [0, 0.1) is 6.92 Å². The molecule has 0 radical (unpaired) electrons. The van der Waals surface area contributed by atoms with Crippen molar-refractivity contribution in [1.82, 2.24) is 14.5 Å². The Balaban J connectivity index is 1.40. The number of fused-ring (bicyclic) bond motifs is 1. The molecule has 0 aliphatic carbocycles. The molecular weight excluding hydrogens is 366 g/mol. The van der Waals surface area contributed by atoms with Crippen LogP contribution in [0.3, 0.4) is 0 Å². The van der Waals surface area contributed by atoms with Crippen LogP contribution in [0.2, 0.25) is 0 Å². The molecule has 1 fully saturated rings. The number of aromatic nitrogens is 2. The number of likely N-dealkylation sites (tertiary alicyclic amines) is 1. The summed E-state index contributed by atoms with van der Waals surface area (Å²) in [5, 5.41) is 0. The van der Waals surface area contributed by atoms with Crippen LogP contribution in [-0.2, 0) is 19.0 Å². The van der Waals surface area contributed by atoms with E-state index >= 15 is 0 Å². The van der Waals surface area contributed by atoms with Gasteiger partial charge < -0.3 is 4.57 Å². The van der Waals surface area contributed by atoms with Gasteiger partial charge in [0, 0.05) is 12.5 Å². The average Bonchev–Trinajstić information content (AvgIpc) is 3.10. The first-order valence-electron chi connectivity index (χ1n) is 10.9. The van der Waals surface area contributed by atoms with Gasteiger partial charge in [-0.2, -0.15) is 0 Å². The summed E-state index contributed by atoms with van der Waals surface area (Å²) in [5.74, 6) is 1.16. The normalized spacial score (nSPS) is 16.7. The van der Waals surface area contributed by atoms with Crippen molar-refractivity contribution in [3.05, 3.63) is 101 Å². The highest BCUT2D eigenvalue weighted by molar-refractivity contribution is 5.76. The van der Waals surface area contributed by atoms with E-state index in [4.69, 9.17) is 4.98 Å². The van der Waals surface area contributed by atoms with Gasteiger partial charge in [-0.15, -0.1) is 0 Å². The second-order valence-electron chi connectivity index (χ2n) is 8.67. The Morgan fingerprint density at radius 2 is 1.43 bits per heavy atom. The van der Waals surface area contributed by atoms with E-state index in [1.54, 1.807) is 0 Å². The third-order valence-corrected chi connectivity index (χ3v) is 6.86. The van der Waals surface area contributed by atoms with Gasteiger partial charge in [0.15, 0.2) is 0 Å². The molecule has 0 spiro atoms.